The summed E-state index contributed by atoms with van der Waals surface area (Å²) in [6, 6.07) is 10.0. The minimum atomic E-state index is -1.14. The van der Waals surface area contributed by atoms with E-state index in [4.69, 9.17) is 27.6 Å². The average molecular weight is 378 g/mol. The molecule has 25 heavy (non-hydrogen) atoms. The van der Waals surface area contributed by atoms with E-state index < -0.39 is 5.60 Å². The Morgan fingerprint density at radius 3 is 2.88 bits per heavy atom. The molecule has 3 rings (SSSR count). The molecule has 1 amide bonds. The van der Waals surface area contributed by atoms with Crippen molar-refractivity contribution in [1.82, 2.24) is 5.32 Å². The minimum Gasteiger partial charge on any atom is -0.440 e. The molecule has 0 spiro atoms. The second kappa shape index (κ2) is 7.53. The topological polar surface area (TPSA) is 62.5 Å². The fraction of sp³-hybridized carbons (Fsp3) is 0.316. The van der Waals surface area contributed by atoms with E-state index in [0.29, 0.717) is 17.9 Å². The summed E-state index contributed by atoms with van der Waals surface area (Å²) >= 11 is 11.6. The van der Waals surface area contributed by atoms with Crippen molar-refractivity contribution in [2.24, 2.45) is 0 Å². The van der Waals surface area contributed by atoms with Crippen LogP contribution in [0.4, 0.5) is 0 Å². The molecular formula is C19H17Cl2NO3. The lowest BCUT2D eigenvalue weighted by Crippen LogP contribution is -2.45. The Morgan fingerprint density at radius 2 is 2.16 bits per heavy atom. The van der Waals surface area contributed by atoms with Crippen molar-refractivity contribution in [3.63, 3.8) is 0 Å². The maximum atomic E-state index is 12.2. The first kappa shape index (κ1) is 17.9. The molecule has 4 nitrogen and oxygen atoms in total. The van der Waals surface area contributed by atoms with Crippen LogP contribution in [-0.2, 0) is 0 Å². The Labute approximate surface area is 156 Å². The molecule has 130 valence electrons. The molecule has 2 atom stereocenters. The SMILES string of the molecule is O=C(N[C@@H]1CCCC(O)(C#Cc2cccc(Cl)c2)C1)c1ccc(Cl)o1. The van der Waals surface area contributed by atoms with Gasteiger partial charge < -0.3 is 14.8 Å². The summed E-state index contributed by atoms with van der Waals surface area (Å²) in [6.07, 6.45) is 2.48. The van der Waals surface area contributed by atoms with Gasteiger partial charge in [-0.25, -0.2) is 0 Å². The largest absolute Gasteiger partial charge is 0.440 e. The van der Waals surface area contributed by atoms with Gasteiger partial charge in [0.2, 0.25) is 0 Å². The van der Waals surface area contributed by atoms with E-state index in [2.05, 4.69) is 17.2 Å². The van der Waals surface area contributed by atoms with E-state index >= 15 is 0 Å². The summed E-state index contributed by atoms with van der Waals surface area (Å²) in [6.45, 7) is 0. The molecule has 2 N–H and O–H groups in total. The van der Waals surface area contributed by atoms with Crippen LogP contribution < -0.4 is 5.32 Å². The van der Waals surface area contributed by atoms with Crippen molar-refractivity contribution in [2.75, 3.05) is 0 Å². The molecule has 0 bridgehead atoms. The number of rotatable bonds is 2. The van der Waals surface area contributed by atoms with Gasteiger partial charge in [0, 0.05) is 23.0 Å². The first-order valence-corrected chi connectivity index (χ1v) is 8.76. The van der Waals surface area contributed by atoms with Crippen LogP contribution >= 0.6 is 23.2 Å². The second-order valence-electron chi connectivity index (χ2n) is 6.16. The maximum absolute atomic E-state index is 12.2. The Hall–Kier alpha value is -1.93. The van der Waals surface area contributed by atoms with Crippen LogP contribution in [0.25, 0.3) is 0 Å². The lowest BCUT2D eigenvalue weighted by molar-refractivity contribution is 0.0448. The number of furan rings is 1. The summed E-state index contributed by atoms with van der Waals surface area (Å²) < 4.78 is 5.11. The quantitative estimate of drug-likeness (QED) is 0.776. The number of carbonyl (C=O) groups excluding carboxylic acids is 1. The zero-order valence-corrected chi connectivity index (χ0v) is 14.9. The molecule has 1 aliphatic carbocycles. The third kappa shape index (κ3) is 4.79. The normalized spacial score (nSPS) is 22.8. The number of amides is 1. The first-order valence-electron chi connectivity index (χ1n) is 8.01. The molecule has 1 aliphatic rings. The molecule has 1 heterocycles. The zero-order chi connectivity index (χ0) is 17.9. The molecular weight excluding hydrogens is 361 g/mol. The molecule has 2 aromatic rings. The maximum Gasteiger partial charge on any atom is 0.287 e. The first-order chi connectivity index (χ1) is 11.9. The van der Waals surface area contributed by atoms with Crippen molar-refractivity contribution in [3.05, 3.63) is 58.0 Å². The van der Waals surface area contributed by atoms with Crippen LogP contribution in [0.2, 0.25) is 10.2 Å². The molecule has 0 aliphatic heterocycles. The van der Waals surface area contributed by atoms with Crippen molar-refractivity contribution in [1.29, 1.82) is 0 Å². The van der Waals surface area contributed by atoms with E-state index in [1.807, 2.05) is 12.1 Å². The van der Waals surface area contributed by atoms with Crippen LogP contribution in [0.15, 0.2) is 40.8 Å². The van der Waals surface area contributed by atoms with E-state index in [0.717, 1.165) is 18.4 Å². The van der Waals surface area contributed by atoms with Crippen LogP contribution in [0.1, 0.15) is 41.8 Å². The van der Waals surface area contributed by atoms with Crippen LogP contribution in [0.3, 0.4) is 0 Å². The highest BCUT2D eigenvalue weighted by Gasteiger charge is 2.34. The molecule has 1 saturated carbocycles. The van der Waals surface area contributed by atoms with Crippen molar-refractivity contribution in [3.8, 4) is 11.8 Å². The van der Waals surface area contributed by atoms with Crippen molar-refractivity contribution in [2.45, 2.75) is 37.3 Å². The molecule has 1 unspecified atom stereocenters. The van der Waals surface area contributed by atoms with Gasteiger partial charge in [-0.2, -0.15) is 0 Å². The van der Waals surface area contributed by atoms with E-state index in [1.165, 1.54) is 12.1 Å². The van der Waals surface area contributed by atoms with Gasteiger partial charge in [-0.05, 0) is 61.2 Å². The lowest BCUT2D eigenvalue weighted by Gasteiger charge is -2.33. The average Bonchev–Trinajstić information content (AvgIpc) is 3.00. The fourth-order valence-corrected chi connectivity index (χ4v) is 3.27. The predicted molar refractivity (Wildman–Crippen MR) is 96.7 cm³/mol. The summed E-state index contributed by atoms with van der Waals surface area (Å²) in [5, 5.41) is 14.4. The molecule has 1 fully saturated rings. The summed E-state index contributed by atoms with van der Waals surface area (Å²) in [5.41, 5.74) is -0.392. The fourth-order valence-electron chi connectivity index (χ4n) is 2.94. The smallest absolute Gasteiger partial charge is 0.287 e. The van der Waals surface area contributed by atoms with Gasteiger partial charge in [-0.1, -0.05) is 29.5 Å². The highest BCUT2D eigenvalue weighted by Crippen LogP contribution is 2.28. The number of carbonyl (C=O) groups is 1. The standard InChI is InChI=1S/C19H17Cl2NO3/c20-14-4-1-3-13(11-14)8-10-19(24)9-2-5-15(12-19)22-18(23)16-6-7-17(21)25-16/h1,3-4,6-7,11,15,24H,2,5,9,12H2,(H,22,23)/t15-,19?/m1/s1. The van der Waals surface area contributed by atoms with Gasteiger partial charge in [0.05, 0.1) is 0 Å². The molecule has 0 radical (unpaired) electrons. The molecule has 6 heteroatoms. The van der Waals surface area contributed by atoms with Crippen LogP contribution in [0, 0.1) is 11.8 Å². The Bertz CT molecular complexity index is 836. The summed E-state index contributed by atoms with van der Waals surface area (Å²) in [5.74, 6) is 5.72. The Balaban J connectivity index is 1.67. The van der Waals surface area contributed by atoms with E-state index in [-0.39, 0.29) is 22.9 Å². The summed E-state index contributed by atoms with van der Waals surface area (Å²) in [7, 11) is 0. The lowest BCUT2D eigenvalue weighted by atomic mass is 9.82. The van der Waals surface area contributed by atoms with Gasteiger partial charge in [0.15, 0.2) is 11.0 Å². The van der Waals surface area contributed by atoms with Gasteiger partial charge in [0.1, 0.15) is 5.60 Å². The zero-order valence-electron chi connectivity index (χ0n) is 13.4. The van der Waals surface area contributed by atoms with E-state index in [1.54, 1.807) is 12.1 Å². The highest BCUT2D eigenvalue weighted by molar-refractivity contribution is 6.30. The molecule has 1 aromatic carbocycles. The van der Waals surface area contributed by atoms with Crippen molar-refractivity contribution < 1.29 is 14.3 Å². The number of halogens is 2. The second-order valence-corrected chi connectivity index (χ2v) is 6.97. The van der Waals surface area contributed by atoms with Gasteiger partial charge in [-0.15, -0.1) is 0 Å². The van der Waals surface area contributed by atoms with Gasteiger partial charge in [-0.3, -0.25) is 4.79 Å². The number of hydrogen-bond acceptors (Lipinski definition) is 3. The number of nitrogens with one attached hydrogen (secondary N) is 1. The Morgan fingerprint density at radius 1 is 1.32 bits per heavy atom. The van der Waals surface area contributed by atoms with Gasteiger partial charge >= 0.3 is 0 Å². The Kier molecular flexibility index (Phi) is 5.39. The highest BCUT2D eigenvalue weighted by atomic mass is 35.5. The number of aliphatic hydroxyl groups is 1. The van der Waals surface area contributed by atoms with Crippen LogP contribution in [-0.4, -0.2) is 22.7 Å². The summed E-state index contributed by atoms with van der Waals surface area (Å²) in [4.78, 5) is 12.2. The number of hydrogen-bond donors (Lipinski definition) is 2. The van der Waals surface area contributed by atoms with Crippen LogP contribution in [0.5, 0.6) is 0 Å². The molecule has 0 saturated heterocycles. The minimum absolute atomic E-state index is 0.157. The monoisotopic (exact) mass is 377 g/mol. The third-order valence-electron chi connectivity index (χ3n) is 4.12. The van der Waals surface area contributed by atoms with E-state index in [9.17, 15) is 9.90 Å². The third-order valence-corrected chi connectivity index (χ3v) is 4.56. The number of benzene rings is 1. The van der Waals surface area contributed by atoms with Gasteiger partial charge in [0.25, 0.3) is 5.91 Å². The molecule has 1 aromatic heterocycles. The predicted octanol–water partition coefficient (Wildman–Crippen LogP) is 4.04. The van der Waals surface area contributed by atoms with Crippen molar-refractivity contribution >= 4 is 29.1 Å².